The van der Waals surface area contributed by atoms with E-state index < -0.39 is 0 Å². The molecule has 10 aromatic rings. The van der Waals surface area contributed by atoms with E-state index in [1.165, 1.54) is 93.7 Å². The van der Waals surface area contributed by atoms with Crippen LogP contribution in [0.25, 0.3) is 88.4 Å². The van der Waals surface area contributed by atoms with Crippen LogP contribution >= 0.6 is 0 Å². The van der Waals surface area contributed by atoms with E-state index in [-0.39, 0.29) is 5.41 Å². The Labute approximate surface area is 344 Å². The summed E-state index contributed by atoms with van der Waals surface area (Å²) in [6, 6.07) is 65.7. The fourth-order valence-corrected chi connectivity index (χ4v) is 10.2. The van der Waals surface area contributed by atoms with Gasteiger partial charge >= 0.3 is 0 Å². The number of allylic oxidation sites excluding steroid dienone is 4. The van der Waals surface area contributed by atoms with Crippen LogP contribution < -0.4 is 0 Å². The molecule has 0 spiro atoms. The summed E-state index contributed by atoms with van der Waals surface area (Å²) in [5.41, 5.74) is 18.9. The van der Waals surface area contributed by atoms with Crippen molar-refractivity contribution in [2.45, 2.75) is 31.6 Å². The van der Waals surface area contributed by atoms with Gasteiger partial charge < -0.3 is 9.13 Å². The minimum absolute atomic E-state index is 0.0903. The van der Waals surface area contributed by atoms with E-state index in [0.717, 1.165) is 17.8 Å². The Balaban J connectivity index is 1.05. The summed E-state index contributed by atoms with van der Waals surface area (Å²) in [5, 5.41) is 5.11. The summed E-state index contributed by atoms with van der Waals surface area (Å²) in [6.45, 7) is 4.76. The Morgan fingerprint density at radius 3 is 1.58 bits per heavy atom. The Hall–Kier alpha value is -7.16. The third-order valence-corrected chi connectivity index (χ3v) is 13.2. The van der Waals surface area contributed by atoms with Crippen LogP contribution in [0.2, 0.25) is 0 Å². The van der Waals surface area contributed by atoms with Gasteiger partial charge in [0.05, 0.1) is 22.1 Å². The molecule has 1 atom stereocenters. The van der Waals surface area contributed by atoms with Gasteiger partial charge in [0.25, 0.3) is 0 Å². The quantitative estimate of drug-likeness (QED) is 0.166. The molecule has 12 rings (SSSR count). The molecular formula is C57H42N2. The average molecular weight is 755 g/mol. The Morgan fingerprint density at radius 2 is 0.966 bits per heavy atom. The zero-order valence-corrected chi connectivity index (χ0v) is 33.2. The predicted molar refractivity (Wildman–Crippen MR) is 249 cm³/mol. The van der Waals surface area contributed by atoms with Crippen molar-refractivity contribution in [1.29, 1.82) is 0 Å². The molecule has 8 aromatic carbocycles. The largest absolute Gasteiger partial charge is 0.309 e. The summed E-state index contributed by atoms with van der Waals surface area (Å²) < 4.78 is 4.94. The lowest BCUT2D eigenvalue weighted by molar-refractivity contribution is 0.661. The van der Waals surface area contributed by atoms with Crippen molar-refractivity contribution in [2.75, 3.05) is 0 Å². The molecule has 2 aromatic heterocycles. The SMILES string of the molecule is CC1(C)c2ccccc2-c2cc3c4cc(C5C=CC=CC5)ccc4n(-c4ccc(-n5c6ccc(-c7ccccc7)cc6c6cc(-c7ccccc7)ccc65)cc4)c3cc21. The summed E-state index contributed by atoms with van der Waals surface area (Å²) in [4.78, 5) is 0. The molecule has 0 saturated heterocycles. The van der Waals surface area contributed by atoms with Gasteiger partial charge in [0.1, 0.15) is 0 Å². The molecule has 1 unspecified atom stereocenters. The molecule has 2 aliphatic carbocycles. The molecule has 0 aliphatic heterocycles. The van der Waals surface area contributed by atoms with Crippen LogP contribution in [0.1, 0.15) is 42.9 Å². The normalized spacial score (nSPS) is 15.4. The molecular weight excluding hydrogens is 713 g/mol. The van der Waals surface area contributed by atoms with Gasteiger partial charge in [-0.15, -0.1) is 0 Å². The van der Waals surface area contributed by atoms with Crippen molar-refractivity contribution in [2.24, 2.45) is 0 Å². The molecule has 2 heteroatoms. The third-order valence-electron chi connectivity index (χ3n) is 13.2. The molecule has 59 heavy (non-hydrogen) atoms. The monoisotopic (exact) mass is 754 g/mol. The first-order valence-electron chi connectivity index (χ1n) is 20.9. The summed E-state index contributed by atoms with van der Waals surface area (Å²) >= 11 is 0. The van der Waals surface area contributed by atoms with E-state index >= 15 is 0 Å². The zero-order chi connectivity index (χ0) is 39.2. The van der Waals surface area contributed by atoms with E-state index in [0.29, 0.717) is 5.92 Å². The maximum Gasteiger partial charge on any atom is 0.0544 e. The standard InChI is InChI=1S/C57H42N2/c1-57(2)51-21-13-12-20-45(51)46-35-50-49-34-42(39-18-10-5-11-19-39)24-31-55(49)59(56(50)36-52(46)57)44-27-25-43(26-28-44)58-53-29-22-40(37-14-6-3-7-15-37)32-47(53)48-33-41(23-30-54(48)58)38-16-8-4-9-17-38/h3-18,20-36,39H,19H2,1-2H3. The highest BCUT2D eigenvalue weighted by Gasteiger charge is 2.36. The van der Waals surface area contributed by atoms with Gasteiger partial charge in [0.2, 0.25) is 0 Å². The minimum atomic E-state index is -0.0903. The molecule has 0 fully saturated rings. The van der Waals surface area contributed by atoms with Gasteiger partial charge in [-0.3, -0.25) is 0 Å². The lowest BCUT2D eigenvalue weighted by atomic mass is 9.82. The Morgan fingerprint density at radius 1 is 0.424 bits per heavy atom. The first kappa shape index (κ1) is 33.9. The smallest absolute Gasteiger partial charge is 0.0544 e. The van der Waals surface area contributed by atoms with Gasteiger partial charge in [-0.25, -0.2) is 0 Å². The maximum absolute atomic E-state index is 2.50. The van der Waals surface area contributed by atoms with E-state index in [1.807, 2.05) is 0 Å². The topological polar surface area (TPSA) is 9.86 Å². The second kappa shape index (κ2) is 12.9. The molecule has 0 bridgehead atoms. The Kier molecular flexibility index (Phi) is 7.43. The fourth-order valence-electron chi connectivity index (χ4n) is 10.2. The maximum atomic E-state index is 2.50. The molecule has 0 saturated carbocycles. The summed E-state index contributed by atoms with van der Waals surface area (Å²) in [5.74, 6) is 0.384. The van der Waals surface area contributed by atoms with Crippen LogP contribution in [0, 0.1) is 0 Å². The van der Waals surface area contributed by atoms with Crippen molar-refractivity contribution in [1.82, 2.24) is 9.13 Å². The van der Waals surface area contributed by atoms with Crippen molar-refractivity contribution in [3.63, 3.8) is 0 Å². The second-order valence-electron chi connectivity index (χ2n) is 16.9. The number of rotatable bonds is 5. The highest BCUT2D eigenvalue weighted by atomic mass is 15.0. The van der Waals surface area contributed by atoms with Gasteiger partial charge in [-0.1, -0.05) is 141 Å². The molecule has 2 heterocycles. The number of fused-ring (bicyclic) bond motifs is 9. The summed E-state index contributed by atoms with van der Waals surface area (Å²) in [7, 11) is 0. The van der Waals surface area contributed by atoms with E-state index in [9.17, 15) is 0 Å². The third kappa shape index (κ3) is 5.19. The van der Waals surface area contributed by atoms with Gasteiger partial charge in [-0.05, 0) is 129 Å². The first-order valence-corrected chi connectivity index (χ1v) is 20.9. The van der Waals surface area contributed by atoms with Crippen LogP contribution in [-0.2, 0) is 5.41 Å². The number of hydrogen-bond donors (Lipinski definition) is 0. The van der Waals surface area contributed by atoms with E-state index in [4.69, 9.17) is 0 Å². The molecule has 280 valence electrons. The highest BCUT2D eigenvalue weighted by molar-refractivity contribution is 6.13. The van der Waals surface area contributed by atoms with E-state index in [2.05, 4.69) is 223 Å². The Bertz CT molecular complexity index is 3260. The average Bonchev–Trinajstić information content (AvgIpc) is 3.88. The van der Waals surface area contributed by atoms with Crippen LogP contribution in [0.3, 0.4) is 0 Å². The van der Waals surface area contributed by atoms with Gasteiger partial charge in [0.15, 0.2) is 0 Å². The van der Waals surface area contributed by atoms with Crippen molar-refractivity contribution >= 4 is 43.6 Å². The van der Waals surface area contributed by atoms with Crippen molar-refractivity contribution in [3.8, 4) is 44.8 Å². The molecule has 0 amide bonds. The zero-order valence-electron chi connectivity index (χ0n) is 33.2. The van der Waals surface area contributed by atoms with Crippen LogP contribution in [0.5, 0.6) is 0 Å². The highest BCUT2D eigenvalue weighted by Crippen LogP contribution is 2.51. The van der Waals surface area contributed by atoms with Crippen LogP contribution in [0.4, 0.5) is 0 Å². The number of nitrogens with zero attached hydrogens (tertiary/aromatic N) is 2. The second-order valence-corrected chi connectivity index (χ2v) is 16.9. The van der Waals surface area contributed by atoms with Crippen LogP contribution in [-0.4, -0.2) is 9.13 Å². The predicted octanol–water partition coefficient (Wildman–Crippen LogP) is 15.1. The molecule has 2 nitrogen and oxygen atoms in total. The van der Waals surface area contributed by atoms with Gasteiger partial charge in [0, 0.05) is 44.3 Å². The molecule has 0 radical (unpaired) electrons. The van der Waals surface area contributed by atoms with Crippen molar-refractivity contribution < 1.29 is 0 Å². The van der Waals surface area contributed by atoms with Crippen molar-refractivity contribution in [3.05, 3.63) is 217 Å². The number of aromatic nitrogens is 2. The fraction of sp³-hybridized carbons (Fsp3) is 0.0877. The lowest BCUT2D eigenvalue weighted by Gasteiger charge is -2.21. The number of benzene rings is 8. The minimum Gasteiger partial charge on any atom is -0.309 e. The van der Waals surface area contributed by atoms with Crippen LogP contribution in [0.15, 0.2) is 200 Å². The van der Waals surface area contributed by atoms with E-state index in [1.54, 1.807) is 0 Å². The summed E-state index contributed by atoms with van der Waals surface area (Å²) in [6.07, 6.45) is 10.0. The molecule has 0 N–H and O–H groups in total. The number of hydrogen-bond acceptors (Lipinski definition) is 0. The molecule has 2 aliphatic rings. The van der Waals surface area contributed by atoms with Gasteiger partial charge in [-0.2, -0.15) is 0 Å². The first-order chi connectivity index (χ1) is 29.0. The lowest BCUT2D eigenvalue weighted by Crippen LogP contribution is -2.14.